The lowest BCUT2D eigenvalue weighted by molar-refractivity contribution is -0.143. The van der Waals surface area contributed by atoms with Gasteiger partial charge in [0, 0.05) is 36.8 Å². The molecule has 2 N–H and O–H groups in total. The molecule has 2 rings (SSSR count). The molecule has 5 nitrogen and oxygen atoms in total. The van der Waals surface area contributed by atoms with Crippen LogP contribution >= 0.6 is 11.6 Å². The number of benzene rings is 1. The molecular formula is C18H26ClNO4. The lowest BCUT2D eigenvalue weighted by Gasteiger charge is -2.37. The molecule has 1 aromatic carbocycles. The molecule has 24 heavy (non-hydrogen) atoms. The second-order valence-corrected chi connectivity index (χ2v) is 6.65. The molecule has 1 atom stereocenters. The van der Waals surface area contributed by atoms with E-state index in [0.717, 1.165) is 24.0 Å². The largest absolute Gasteiger partial charge is 0.466 e. The van der Waals surface area contributed by atoms with E-state index in [0.29, 0.717) is 31.5 Å². The Balaban J connectivity index is 2.27. The van der Waals surface area contributed by atoms with Crippen LogP contribution in [-0.4, -0.2) is 39.5 Å². The van der Waals surface area contributed by atoms with Crippen LogP contribution in [-0.2, 0) is 24.4 Å². The third kappa shape index (κ3) is 4.70. The summed E-state index contributed by atoms with van der Waals surface area (Å²) in [5.41, 5.74) is 8.00. The van der Waals surface area contributed by atoms with Crippen molar-refractivity contribution in [1.82, 2.24) is 0 Å². The van der Waals surface area contributed by atoms with Gasteiger partial charge in [0.2, 0.25) is 0 Å². The monoisotopic (exact) mass is 355 g/mol. The molecule has 0 spiro atoms. The molecule has 0 saturated carbocycles. The van der Waals surface area contributed by atoms with Gasteiger partial charge in [-0.2, -0.15) is 0 Å². The molecule has 0 unspecified atom stereocenters. The van der Waals surface area contributed by atoms with E-state index in [2.05, 4.69) is 0 Å². The number of esters is 1. The second-order valence-electron chi connectivity index (χ2n) is 6.21. The van der Waals surface area contributed by atoms with Crippen molar-refractivity contribution in [3.05, 3.63) is 34.3 Å². The highest BCUT2D eigenvalue weighted by Crippen LogP contribution is 2.37. The van der Waals surface area contributed by atoms with E-state index in [4.69, 9.17) is 31.5 Å². The molecule has 0 bridgehead atoms. The summed E-state index contributed by atoms with van der Waals surface area (Å²) in [7, 11) is 1.70. The highest BCUT2D eigenvalue weighted by atomic mass is 35.5. The van der Waals surface area contributed by atoms with Crippen molar-refractivity contribution in [3.63, 3.8) is 0 Å². The fourth-order valence-corrected chi connectivity index (χ4v) is 3.45. The SMILES string of the molecule is CCOC(=O)C[C@H](N)c1cc(Cl)cc(C2(COC)CCOCC2)c1. The molecule has 0 aromatic heterocycles. The summed E-state index contributed by atoms with van der Waals surface area (Å²) in [5.74, 6) is -0.302. The Morgan fingerprint density at radius 2 is 2.08 bits per heavy atom. The summed E-state index contributed by atoms with van der Waals surface area (Å²) in [4.78, 5) is 11.7. The van der Waals surface area contributed by atoms with Crippen LogP contribution in [0.3, 0.4) is 0 Å². The number of methoxy groups -OCH3 is 1. The van der Waals surface area contributed by atoms with Gasteiger partial charge in [-0.15, -0.1) is 0 Å². The Hall–Kier alpha value is -1.14. The summed E-state index contributed by atoms with van der Waals surface area (Å²) in [6, 6.07) is 5.38. The van der Waals surface area contributed by atoms with Crippen molar-refractivity contribution in [3.8, 4) is 0 Å². The maximum absolute atomic E-state index is 11.7. The molecule has 1 saturated heterocycles. The van der Waals surface area contributed by atoms with Gasteiger partial charge >= 0.3 is 5.97 Å². The first kappa shape index (κ1) is 19.2. The van der Waals surface area contributed by atoms with Gasteiger partial charge in [0.05, 0.1) is 19.6 Å². The van der Waals surface area contributed by atoms with E-state index in [9.17, 15) is 4.79 Å². The summed E-state index contributed by atoms with van der Waals surface area (Å²) in [6.07, 6.45) is 1.87. The van der Waals surface area contributed by atoms with E-state index < -0.39 is 6.04 Å². The Morgan fingerprint density at radius 3 is 2.71 bits per heavy atom. The Kier molecular flexibility index (Phi) is 7.04. The van der Waals surface area contributed by atoms with Gasteiger partial charge in [0.25, 0.3) is 0 Å². The average Bonchev–Trinajstić information content (AvgIpc) is 2.55. The van der Waals surface area contributed by atoms with Crippen LogP contribution in [0, 0.1) is 0 Å². The van der Waals surface area contributed by atoms with Gasteiger partial charge < -0.3 is 19.9 Å². The number of nitrogens with two attached hydrogens (primary N) is 1. The molecule has 6 heteroatoms. The van der Waals surface area contributed by atoms with E-state index in [-0.39, 0.29) is 17.8 Å². The van der Waals surface area contributed by atoms with Crippen molar-refractivity contribution in [2.24, 2.45) is 5.73 Å². The van der Waals surface area contributed by atoms with Crippen LogP contribution in [0.2, 0.25) is 5.02 Å². The third-order valence-electron chi connectivity index (χ3n) is 4.52. The minimum atomic E-state index is -0.444. The maximum atomic E-state index is 11.7. The highest BCUT2D eigenvalue weighted by molar-refractivity contribution is 6.30. The second kappa shape index (κ2) is 8.81. The van der Waals surface area contributed by atoms with Crippen molar-refractivity contribution < 1.29 is 19.0 Å². The molecule has 1 fully saturated rings. The van der Waals surface area contributed by atoms with Crippen LogP contribution < -0.4 is 5.73 Å². The van der Waals surface area contributed by atoms with E-state index >= 15 is 0 Å². The van der Waals surface area contributed by atoms with Crippen LogP contribution in [0.15, 0.2) is 18.2 Å². The fraction of sp³-hybridized carbons (Fsp3) is 0.611. The number of rotatable bonds is 7. The number of hydrogen-bond donors (Lipinski definition) is 1. The quantitative estimate of drug-likeness (QED) is 0.761. The lowest BCUT2D eigenvalue weighted by Crippen LogP contribution is -2.38. The highest BCUT2D eigenvalue weighted by Gasteiger charge is 2.35. The Bertz CT molecular complexity index is 552. The number of carbonyl (C=O) groups excluding carboxylic acids is 1. The molecule has 0 aliphatic carbocycles. The first-order chi connectivity index (χ1) is 11.5. The third-order valence-corrected chi connectivity index (χ3v) is 4.74. The zero-order chi connectivity index (χ0) is 17.6. The first-order valence-electron chi connectivity index (χ1n) is 8.29. The fourth-order valence-electron chi connectivity index (χ4n) is 3.20. The van der Waals surface area contributed by atoms with Crippen LogP contribution in [0.1, 0.15) is 43.4 Å². The minimum absolute atomic E-state index is 0.129. The van der Waals surface area contributed by atoms with Crippen molar-refractivity contribution >= 4 is 17.6 Å². The molecule has 0 radical (unpaired) electrons. The topological polar surface area (TPSA) is 70.8 Å². The Labute approximate surface area is 148 Å². The first-order valence-corrected chi connectivity index (χ1v) is 8.67. The molecule has 0 amide bonds. The van der Waals surface area contributed by atoms with E-state index in [1.54, 1.807) is 14.0 Å². The van der Waals surface area contributed by atoms with Gasteiger partial charge in [0.1, 0.15) is 0 Å². The van der Waals surface area contributed by atoms with Crippen molar-refractivity contribution in [2.45, 2.75) is 37.6 Å². The average molecular weight is 356 g/mol. The van der Waals surface area contributed by atoms with Gasteiger partial charge in [-0.25, -0.2) is 0 Å². The van der Waals surface area contributed by atoms with Gasteiger partial charge in [-0.3, -0.25) is 4.79 Å². The van der Waals surface area contributed by atoms with E-state index in [1.807, 2.05) is 18.2 Å². The lowest BCUT2D eigenvalue weighted by atomic mass is 9.74. The number of ether oxygens (including phenoxy) is 3. The summed E-state index contributed by atoms with van der Waals surface area (Å²) in [5, 5.41) is 0.615. The molecular weight excluding hydrogens is 330 g/mol. The maximum Gasteiger partial charge on any atom is 0.307 e. The molecule has 1 aliphatic heterocycles. The normalized spacial score (nSPS) is 18.2. The summed E-state index contributed by atoms with van der Waals surface area (Å²) >= 11 is 6.33. The predicted molar refractivity (Wildman–Crippen MR) is 93.2 cm³/mol. The molecule has 1 aliphatic rings. The van der Waals surface area contributed by atoms with Crippen molar-refractivity contribution in [2.75, 3.05) is 33.5 Å². The predicted octanol–water partition coefficient (Wildman–Crippen LogP) is 2.99. The van der Waals surface area contributed by atoms with Crippen LogP contribution in [0.25, 0.3) is 0 Å². The molecule has 134 valence electrons. The van der Waals surface area contributed by atoms with E-state index in [1.165, 1.54) is 0 Å². The Morgan fingerprint density at radius 1 is 1.38 bits per heavy atom. The van der Waals surface area contributed by atoms with Gasteiger partial charge in [0.15, 0.2) is 0 Å². The number of halogens is 1. The molecule has 1 aromatic rings. The zero-order valence-electron chi connectivity index (χ0n) is 14.3. The number of hydrogen-bond acceptors (Lipinski definition) is 5. The van der Waals surface area contributed by atoms with Crippen LogP contribution in [0.4, 0.5) is 0 Å². The smallest absolute Gasteiger partial charge is 0.307 e. The number of carbonyl (C=O) groups is 1. The van der Waals surface area contributed by atoms with Gasteiger partial charge in [-0.1, -0.05) is 17.7 Å². The van der Waals surface area contributed by atoms with Crippen LogP contribution in [0.5, 0.6) is 0 Å². The van der Waals surface area contributed by atoms with Crippen molar-refractivity contribution in [1.29, 1.82) is 0 Å². The van der Waals surface area contributed by atoms with Gasteiger partial charge in [-0.05, 0) is 43.0 Å². The molecule has 1 heterocycles. The summed E-state index contributed by atoms with van der Waals surface area (Å²) < 4.78 is 16.0. The zero-order valence-corrected chi connectivity index (χ0v) is 15.1. The minimum Gasteiger partial charge on any atom is -0.466 e. The standard InChI is InChI=1S/C18H26ClNO4/c1-3-24-17(21)11-16(20)13-8-14(10-15(19)9-13)18(12-22-2)4-6-23-7-5-18/h8-10,16H,3-7,11-12,20H2,1-2H3/t16-/m0/s1. The summed E-state index contributed by atoms with van der Waals surface area (Å²) in [6.45, 7) is 4.12.